The number of nitrogens with two attached hydrogens (primary N) is 1. The molecular weight excluding hydrogens is 156 g/mol. The molecule has 0 aromatic carbocycles. The van der Waals surface area contributed by atoms with Crippen LogP contribution in [0.15, 0.2) is 0 Å². The van der Waals surface area contributed by atoms with Gasteiger partial charge in [-0.2, -0.15) is 0 Å². The summed E-state index contributed by atoms with van der Waals surface area (Å²) in [6, 6.07) is 0. The molecule has 1 amide bonds. The number of hydrogen-bond acceptors (Lipinski definition) is 3. The molecule has 0 aliphatic heterocycles. The van der Waals surface area contributed by atoms with Gasteiger partial charge in [-0.1, -0.05) is 6.92 Å². The Hall–Kier alpha value is -0.610. The van der Waals surface area contributed by atoms with Crippen LogP contribution in [0, 0.1) is 0 Å². The molecule has 1 atom stereocenters. The van der Waals surface area contributed by atoms with Gasteiger partial charge >= 0.3 is 0 Å². The van der Waals surface area contributed by atoms with Crippen LogP contribution in [0.3, 0.4) is 0 Å². The van der Waals surface area contributed by atoms with Crippen molar-refractivity contribution in [3.05, 3.63) is 0 Å². The van der Waals surface area contributed by atoms with Gasteiger partial charge in [0, 0.05) is 27.2 Å². The highest BCUT2D eigenvalue weighted by Gasteiger charge is 2.18. The van der Waals surface area contributed by atoms with E-state index in [1.807, 2.05) is 6.92 Å². The topological polar surface area (TPSA) is 55.6 Å². The monoisotopic (exact) mass is 174 g/mol. The predicted octanol–water partition coefficient (Wildman–Crippen LogP) is -0.171. The number of carbonyl (C=O) groups excluding carboxylic acids is 1. The summed E-state index contributed by atoms with van der Waals surface area (Å²) in [4.78, 5) is 13.1. The minimum absolute atomic E-state index is 0.0400. The number of ether oxygens (including phenoxy) is 1. The molecule has 0 aliphatic rings. The number of amides is 1. The van der Waals surface area contributed by atoms with Crippen LogP contribution in [0.25, 0.3) is 0 Å². The van der Waals surface area contributed by atoms with E-state index in [9.17, 15) is 4.79 Å². The van der Waals surface area contributed by atoms with E-state index in [1.54, 1.807) is 11.9 Å². The third-order valence-electron chi connectivity index (χ3n) is 1.71. The van der Waals surface area contributed by atoms with Gasteiger partial charge in [0.2, 0.25) is 0 Å². The van der Waals surface area contributed by atoms with Gasteiger partial charge in [-0.05, 0) is 6.42 Å². The lowest BCUT2D eigenvalue weighted by atomic mass is 10.3. The molecule has 2 N–H and O–H groups in total. The van der Waals surface area contributed by atoms with Crippen LogP contribution in [-0.4, -0.2) is 44.2 Å². The molecular formula is C8H18N2O2. The Morgan fingerprint density at radius 1 is 1.67 bits per heavy atom. The van der Waals surface area contributed by atoms with Gasteiger partial charge in [0.25, 0.3) is 5.91 Å². The lowest BCUT2D eigenvalue weighted by Gasteiger charge is -2.21. The summed E-state index contributed by atoms with van der Waals surface area (Å²) >= 11 is 0. The van der Waals surface area contributed by atoms with E-state index in [0.717, 1.165) is 13.0 Å². The second-order valence-electron chi connectivity index (χ2n) is 2.72. The molecule has 4 nitrogen and oxygen atoms in total. The Morgan fingerprint density at radius 3 is 2.58 bits per heavy atom. The molecule has 4 heteroatoms. The van der Waals surface area contributed by atoms with Crippen LogP contribution in [0.5, 0.6) is 0 Å². The van der Waals surface area contributed by atoms with E-state index in [2.05, 4.69) is 0 Å². The third kappa shape index (κ3) is 3.19. The molecule has 0 bridgehead atoms. The van der Waals surface area contributed by atoms with Crippen LogP contribution in [0.2, 0.25) is 0 Å². The summed E-state index contributed by atoms with van der Waals surface area (Å²) in [6.45, 7) is 3.01. The molecule has 0 saturated carbocycles. The molecule has 0 aromatic heterocycles. The molecule has 0 heterocycles. The minimum Gasteiger partial charge on any atom is -0.370 e. The fourth-order valence-electron chi connectivity index (χ4n) is 0.989. The van der Waals surface area contributed by atoms with Gasteiger partial charge in [-0.3, -0.25) is 4.79 Å². The number of likely N-dealkylation sites (N-methyl/N-ethyl adjacent to an activating group) is 1. The average Bonchev–Trinajstić information content (AvgIpc) is 2.07. The molecule has 0 saturated heterocycles. The van der Waals surface area contributed by atoms with Crippen LogP contribution >= 0.6 is 0 Å². The zero-order chi connectivity index (χ0) is 9.56. The highest BCUT2D eigenvalue weighted by atomic mass is 16.5. The van der Waals surface area contributed by atoms with Crippen molar-refractivity contribution in [1.29, 1.82) is 0 Å². The van der Waals surface area contributed by atoms with Crippen molar-refractivity contribution >= 4 is 5.91 Å². The van der Waals surface area contributed by atoms with Crippen molar-refractivity contribution in [2.24, 2.45) is 5.73 Å². The van der Waals surface area contributed by atoms with Crippen molar-refractivity contribution in [2.75, 3.05) is 27.2 Å². The van der Waals surface area contributed by atoms with Gasteiger partial charge in [0.05, 0.1) is 0 Å². The first-order valence-electron chi connectivity index (χ1n) is 4.15. The van der Waals surface area contributed by atoms with E-state index in [-0.39, 0.29) is 12.5 Å². The molecule has 0 aliphatic carbocycles. The zero-order valence-electron chi connectivity index (χ0n) is 8.04. The highest BCUT2D eigenvalue weighted by molar-refractivity contribution is 5.80. The molecule has 1 unspecified atom stereocenters. The maximum absolute atomic E-state index is 11.4. The smallest absolute Gasteiger partial charge is 0.252 e. The highest BCUT2D eigenvalue weighted by Crippen LogP contribution is 1.95. The van der Waals surface area contributed by atoms with E-state index >= 15 is 0 Å². The summed E-state index contributed by atoms with van der Waals surface area (Å²) in [5, 5.41) is 0. The summed E-state index contributed by atoms with van der Waals surface area (Å²) in [7, 11) is 3.25. The van der Waals surface area contributed by atoms with Crippen molar-refractivity contribution in [2.45, 2.75) is 19.4 Å². The summed E-state index contributed by atoms with van der Waals surface area (Å²) in [6.07, 6.45) is 0.463. The zero-order valence-corrected chi connectivity index (χ0v) is 8.04. The second kappa shape index (κ2) is 5.97. The number of carbonyl (C=O) groups is 1. The van der Waals surface area contributed by atoms with Gasteiger partial charge in [0.1, 0.15) is 6.10 Å². The van der Waals surface area contributed by atoms with Crippen LogP contribution in [-0.2, 0) is 9.53 Å². The Labute approximate surface area is 73.7 Å². The molecule has 12 heavy (non-hydrogen) atoms. The normalized spacial score (nSPS) is 12.7. The number of hydrogen-bond donors (Lipinski definition) is 1. The van der Waals surface area contributed by atoms with Crippen molar-refractivity contribution in [3.8, 4) is 0 Å². The maximum Gasteiger partial charge on any atom is 0.252 e. The SMILES string of the molecule is CCCN(C)C(=O)C(CN)OC. The first kappa shape index (κ1) is 11.4. The molecule has 0 spiro atoms. The van der Waals surface area contributed by atoms with Crippen LogP contribution < -0.4 is 5.73 Å². The Kier molecular flexibility index (Phi) is 5.66. The Bertz CT molecular complexity index is 135. The maximum atomic E-state index is 11.4. The second-order valence-corrected chi connectivity index (χ2v) is 2.72. The minimum atomic E-state index is -0.485. The van der Waals surface area contributed by atoms with Gasteiger partial charge in [-0.15, -0.1) is 0 Å². The van der Waals surface area contributed by atoms with Gasteiger partial charge < -0.3 is 15.4 Å². The largest absolute Gasteiger partial charge is 0.370 e. The predicted molar refractivity (Wildman–Crippen MR) is 47.8 cm³/mol. The quantitative estimate of drug-likeness (QED) is 0.629. The first-order chi connectivity index (χ1) is 5.67. The van der Waals surface area contributed by atoms with Crippen LogP contribution in [0.4, 0.5) is 0 Å². The van der Waals surface area contributed by atoms with Crippen LogP contribution in [0.1, 0.15) is 13.3 Å². The average molecular weight is 174 g/mol. The van der Waals surface area contributed by atoms with Gasteiger partial charge in [0.15, 0.2) is 0 Å². The molecule has 0 radical (unpaired) electrons. The van der Waals surface area contributed by atoms with Gasteiger partial charge in [-0.25, -0.2) is 0 Å². The standard InChI is InChI=1S/C8H18N2O2/c1-4-5-10(2)8(11)7(6-9)12-3/h7H,4-6,9H2,1-3H3. The van der Waals surface area contributed by atoms with Crippen molar-refractivity contribution in [1.82, 2.24) is 4.90 Å². The van der Waals surface area contributed by atoms with Crippen molar-refractivity contribution in [3.63, 3.8) is 0 Å². The first-order valence-corrected chi connectivity index (χ1v) is 4.15. The fraction of sp³-hybridized carbons (Fsp3) is 0.875. The van der Waals surface area contributed by atoms with E-state index in [0.29, 0.717) is 0 Å². The fourth-order valence-corrected chi connectivity index (χ4v) is 0.989. The van der Waals surface area contributed by atoms with Crippen molar-refractivity contribution < 1.29 is 9.53 Å². The number of rotatable bonds is 5. The summed E-state index contributed by atoms with van der Waals surface area (Å²) in [5.41, 5.74) is 5.35. The van der Waals surface area contributed by atoms with E-state index < -0.39 is 6.10 Å². The van der Waals surface area contributed by atoms with E-state index in [4.69, 9.17) is 10.5 Å². The number of nitrogens with zero attached hydrogens (tertiary/aromatic N) is 1. The molecule has 0 fully saturated rings. The summed E-state index contributed by atoms with van der Waals surface area (Å²) in [5.74, 6) is -0.0400. The summed E-state index contributed by atoms with van der Waals surface area (Å²) < 4.78 is 4.91. The lowest BCUT2D eigenvalue weighted by Crippen LogP contribution is -2.41. The Morgan fingerprint density at radius 2 is 2.25 bits per heavy atom. The number of methoxy groups -OCH3 is 1. The molecule has 0 aromatic rings. The third-order valence-corrected chi connectivity index (χ3v) is 1.71. The lowest BCUT2D eigenvalue weighted by molar-refractivity contribution is -0.140. The Balaban J connectivity index is 3.97. The molecule has 72 valence electrons. The molecule has 0 rings (SSSR count). The van der Waals surface area contributed by atoms with E-state index in [1.165, 1.54) is 7.11 Å².